The van der Waals surface area contributed by atoms with Gasteiger partial charge in [-0.05, 0) is 11.6 Å². The molecule has 4 nitrogen and oxygen atoms in total. The number of halogens is 1. The van der Waals surface area contributed by atoms with Crippen LogP contribution in [0.15, 0.2) is 41.6 Å². The van der Waals surface area contributed by atoms with Crippen LogP contribution < -0.4 is 0 Å². The Labute approximate surface area is 105 Å². The van der Waals surface area contributed by atoms with Gasteiger partial charge in [0.05, 0.1) is 11.9 Å². The lowest BCUT2D eigenvalue weighted by Gasteiger charge is -2.05. The number of nitrogens with zero attached hydrogens (tertiary/aromatic N) is 2. The minimum absolute atomic E-state index is 0.196. The van der Waals surface area contributed by atoms with Gasteiger partial charge in [0.1, 0.15) is 4.90 Å². The van der Waals surface area contributed by atoms with Gasteiger partial charge in [0, 0.05) is 18.3 Å². The van der Waals surface area contributed by atoms with Gasteiger partial charge < -0.3 is 0 Å². The maximum absolute atomic E-state index is 11.4. The largest absolute Gasteiger partial charge is 0.239 e. The van der Waals surface area contributed by atoms with Crippen LogP contribution >= 0.6 is 11.6 Å². The van der Waals surface area contributed by atoms with Crippen molar-refractivity contribution in [2.45, 2.75) is 10.8 Å². The minimum atomic E-state index is -3.23. The molecule has 0 aliphatic carbocycles. The minimum Gasteiger partial charge on any atom is -0.239 e. The second kappa shape index (κ2) is 4.50. The summed E-state index contributed by atoms with van der Waals surface area (Å²) in [4.78, 5) is 0.196. The molecule has 0 fully saturated rings. The zero-order valence-electron chi connectivity index (χ0n) is 9.17. The zero-order valence-corrected chi connectivity index (χ0v) is 10.7. The number of benzene rings is 1. The van der Waals surface area contributed by atoms with Crippen LogP contribution in [0.5, 0.6) is 0 Å². The van der Waals surface area contributed by atoms with Crippen LogP contribution in [0, 0.1) is 0 Å². The van der Waals surface area contributed by atoms with Gasteiger partial charge in [-0.15, -0.1) is 11.6 Å². The molecule has 0 N–H and O–H groups in total. The summed E-state index contributed by atoms with van der Waals surface area (Å²) in [5, 5.41) is 4.04. The molecule has 0 saturated heterocycles. The Balaban J connectivity index is 2.51. The van der Waals surface area contributed by atoms with Crippen LogP contribution in [0.3, 0.4) is 0 Å². The summed E-state index contributed by atoms with van der Waals surface area (Å²) in [6.07, 6.45) is 3.98. The number of aromatic nitrogens is 2. The van der Waals surface area contributed by atoms with E-state index in [0.29, 0.717) is 5.88 Å². The number of rotatable bonds is 3. The molecule has 1 aromatic heterocycles. The molecule has 0 amide bonds. The molecular weight excluding hydrogens is 260 g/mol. The second-order valence-electron chi connectivity index (χ2n) is 3.66. The van der Waals surface area contributed by atoms with E-state index in [1.54, 1.807) is 0 Å². The first kappa shape index (κ1) is 12.1. The number of hydrogen-bond acceptors (Lipinski definition) is 3. The normalized spacial score (nSPS) is 11.6. The van der Waals surface area contributed by atoms with Crippen molar-refractivity contribution in [3.05, 3.63) is 42.2 Å². The van der Waals surface area contributed by atoms with E-state index < -0.39 is 9.84 Å². The number of hydrogen-bond donors (Lipinski definition) is 0. The first-order valence-electron chi connectivity index (χ1n) is 4.91. The second-order valence-corrected chi connectivity index (χ2v) is 5.94. The van der Waals surface area contributed by atoms with E-state index in [1.807, 2.05) is 24.3 Å². The lowest BCUT2D eigenvalue weighted by atomic mass is 10.2. The molecule has 0 saturated carbocycles. The average Bonchev–Trinajstić information content (AvgIpc) is 2.77. The first-order chi connectivity index (χ1) is 8.02. The van der Waals surface area contributed by atoms with E-state index in [-0.39, 0.29) is 4.90 Å². The fourth-order valence-corrected chi connectivity index (χ4v) is 2.23. The Bertz CT molecular complexity index is 634. The Morgan fingerprint density at radius 3 is 2.65 bits per heavy atom. The van der Waals surface area contributed by atoms with E-state index in [9.17, 15) is 8.42 Å². The van der Waals surface area contributed by atoms with Crippen molar-refractivity contribution >= 4 is 21.4 Å². The van der Waals surface area contributed by atoms with Crippen molar-refractivity contribution in [1.82, 2.24) is 9.78 Å². The lowest BCUT2D eigenvalue weighted by Crippen LogP contribution is -1.99. The molecule has 0 spiro atoms. The van der Waals surface area contributed by atoms with Crippen molar-refractivity contribution in [2.24, 2.45) is 0 Å². The van der Waals surface area contributed by atoms with E-state index >= 15 is 0 Å². The van der Waals surface area contributed by atoms with E-state index in [2.05, 4.69) is 5.10 Å². The molecule has 1 aromatic carbocycles. The quantitative estimate of drug-likeness (QED) is 0.802. The molecule has 6 heteroatoms. The lowest BCUT2D eigenvalue weighted by molar-refractivity contribution is 0.602. The fraction of sp³-hybridized carbons (Fsp3) is 0.182. The highest BCUT2D eigenvalue weighted by Crippen LogP contribution is 2.17. The third kappa shape index (κ3) is 2.50. The molecule has 2 aromatic rings. The predicted octanol–water partition coefficient (Wildman–Crippen LogP) is 2.01. The Morgan fingerprint density at radius 1 is 1.35 bits per heavy atom. The molecule has 0 bridgehead atoms. The van der Waals surface area contributed by atoms with Gasteiger partial charge >= 0.3 is 0 Å². The average molecular weight is 271 g/mol. The summed E-state index contributed by atoms with van der Waals surface area (Å²) in [7, 11) is -3.23. The van der Waals surface area contributed by atoms with E-state index in [0.717, 1.165) is 17.5 Å². The summed E-state index contributed by atoms with van der Waals surface area (Å²) in [6.45, 7) is 0. The van der Waals surface area contributed by atoms with Gasteiger partial charge in [-0.25, -0.2) is 13.1 Å². The van der Waals surface area contributed by atoms with Crippen molar-refractivity contribution in [2.75, 3.05) is 6.26 Å². The standard InChI is InChI=1S/C11H11ClN2O2S/c1-17(15,16)10-7-13-14(8-10)11-5-3-2-4-9(11)6-12/h2-5,7-8H,6H2,1H3. The fourth-order valence-electron chi connectivity index (χ4n) is 1.48. The maximum atomic E-state index is 11.4. The topological polar surface area (TPSA) is 52.0 Å². The van der Waals surface area contributed by atoms with Gasteiger partial charge in [0.25, 0.3) is 0 Å². The van der Waals surface area contributed by atoms with Crippen LogP contribution in [0.4, 0.5) is 0 Å². The molecule has 0 atom stereocenters. The Morgan fingerprint density at radius 2 is 2.06 bits per heavy atom. The number of sulfone groups is 1. The Hall–Kier alpha value is -1.33. The monoisotopic (exact) mass is 270 g/mol. The molecule has 1 heterocycles. The van der Waals surface area contributed by atoms with Gasteiger partial charge in [0.15, 0.2) is 9.84 Å². The first-order valence-corrected chi connectivity index (χ1v) is 7.34. The van der Waals surface area contributed by atoms with Gasteiger partial charge in [-0.1, -0.05) is 18.2 Å². The van der Waals surface area contributed by atoms with Crippen LogP contribution in [0.2, 0.25) is 0 Å². The van der Waals surface area contributed by atoms with Crippen LogP contribution in [-0.2, 0) is 15.7 Å². The van der Waals surface area contributed by atoms with Gasteiger partial charge in [-0.3, -0.25) is 0 Å². The summed E-state index contributed by atoms with van der Waals surface area (Å²) < 4.78 is 24.2. The SMILES string of the molecule is CS(=O)(=O)c1cnn(-c2ccccc2CCl)c1. The van der Waals surface area contributed by atoms with Crippen molar-refractivity contribution in [1.29, 1.82) is 0 Å². The maximum Gasteiger partial charge on any atom is 0.178 e. The summed E-state index contributed by atoms with van der Waals surface area (Å²) in [5.74, 6) is 0.351. The molecule has 0 radical (unpaired) electrons. The molecule has 0 aliphatic heterocycles. The highest BCUT2D eigenvalue weighted by Gasteiger charge is 2.11. The molecule has 17 heavy (non-hydrogen) atoms. The molecule has 0 aliphatic rings. The third-order valence-electron chi connectivity index (χ3n) is 2.37. The highest BCUT2D eigenvalue weighted by molar-refractivity contribution is 7.90. The summed E-state index contributed by atoms with van der Waals surface area (Å²) in [6, 6.07) is 7.45. The summed E-state index contributed by atoms with van der Waals surface area (Å²) in [5.41, 5.74) is 1.69. The molecule has 2 rings (SSSR count). The predicted molar refractivity (Wildman–Crippen MR) is 66.2 cm³/mol. The number of para-hydroxylation sites is 1. The molecule has 0 unspecified atom stereocenters. The van der Waals surface area contributed by atoms with Crippen molar-refractivity contribution < 1.29 is 8.42 Å². The third-order valence-corrected chi connectivity index (χ3v) is 3.72. The Kier molecular flexibility index (Phi) is 3.22. The van der Waals surface area contributed by atoms with E-state index in [1.165, 1.54) is 17.1 Å². The molecule has 90 valence electrons. The van der Waals surface area contributed by atoms with E-state index in [4.69, 9.17) is 11.6 Å². The highest BCUT2D eigenvalue weighted by atomic mass is 35.5. The van der Waals surface area contributed by atoms with Crippen LogP contribution in [-0.4, -0.2) is 24.5 Å². The smallest absolute Gasteiger partial charge is 0.178 e. The van der Waals surface area contributed by atoms with Crippen molar-refractivity contribution in [3.63, 3.8) is 0 Å². The van der Waals surface area contributed by atoms with Gasteiger partial charge in [-0.2, -0.15) is 5.10 Å². The van der Waals surface area contributed by atoms with Crippen molar-refractivity contribution in [3.8, 4) is 5.69 Å². The number of alkyl halides is 1. The molecular formula is C11H11ClN2O2S. The summed E-state index contributed by atoms with van der Waals surface area (Å²) >= 11 is 5.82. The van der Waals surface area contributed by atoms with Gasteiger partial charge in [0.2, 0.25) is 0 Å². The van der Waals surface area contributed by atoms with Crippen LogP contribution in [0.25, 0.3) is 5.69 Å². The van der Waals surface area contributed by atoms with Crippen LogP contribution in [0.1, 0.15) is 5.56 Å². The zero-order chi connectivity index (χ0) is 12.5.